The summed E-state index contributed by atoms with van der Waals surface area (Å²) >= 11 is 0. The molecular weight excluding hydrogens is 234 g/mol. The lowest BCUT2D eigenvalue weighted by atomic mass is 9.62. The van der Waals surface area contributed by atoms with Crippen LogP contribution in [0.5, 0.6) is 0 Å². The van der Waals surface area contributed by atoms with Crippen molar-refractivity contribution >= 4 is 0 Å². The van der Waals surface area contributed by atoms with Crippen LogP contribution in [0.1, 0.15) is 50.7 Å². The fourth-order valence-electron chi connectivity index (χ4n) is 2.99. The first-order valence-corrected chi connectivity index (χ1v) is 6.47. The molecule has 1 N–H and O–H groups in total. The molecule has 3 heteroatoms. The van der Waals surface area contributed by atoms with E-state index >= 15 is 0 Å². The second-order valence-corrected chi connectivity index (χ2v) is 6.00. The Balaban J connectivity index is 2.63. The van der Waals surface area contributed by atoms with Crippen LogP contribution in [0.4, 0.5) is 8.78 Å². The Labute approximate surface area is 107 Å². The molecule has 2 rings (SSSR count). The molecule has 1 atom stereocenters. The second kappa shape index (κ2) is 4.30. The summed E-state index contributed by atoms with van der Waals surface area (Å²) in [4.78, 5) is 0. The highest BCUT2D eigenvalue weighted by Crippen LogP contribution is 2.51. The first-order chi connectivity index (χ1) is 8.29. The van der Waals surface area contributed by atoms with Crippen LogP contribution in [0.3, 0.4) is 0 Å². The molecule has 1 aliphatic rings. The van der Waals surface area contributed by atoms with Crippen LogP contribution in [0.2, 0.25) is 0 Å². The van der Waals surface area contributed by atoms with E-state index in [1.165, 1.54) is 12.1 Å². The van der Waals surface area contributed by atoms with E-state index in [1.807, 2.05) is 13.8 Å². The smallest absolute Gasteiger partial charge is 0.135 e. The third kappa shape index (κ3) is 1.85. The van der Waals surface area contributed by atoms with E-state index < -0.39 is 22.7 Å². The maximum Gasteiger partial charge on any atom is 0.135 e. The highest BCUT2D eigenvalue weighted by molar-refractivity contribution is 5.33. The molecule has 0 aromatic heterocycles. The maximum absolute atomic E-state index is 14.2. The maximum atomic E-state index is 14.2. The lowest BCUT2D eigenvalue weighted by molar-refractivity contribution is -0.108. The van der Waals surface area contributed by atoms with Gasteiger partial charge in [-0.15, -0.1) is 0 Å². The lowest BCUT2D eigenvalue weighted by Crippen LogP contribution is -2.45. The van der Waals surface area contributed by atoms with Gasteiger partial charge in [-0.1, -0.05) is 32.8 Å². The zero-order chi connectivity index (χ0) is 13.6. The van der Waals surface area contributed by atoms with Gasteiger partial charge in [-0.3, -0.25) is 0 Å². The zero-order valence-electron chi connectivity index (χ0n) is 11.2. The minimum Gasteiger partial charge on any atom is -0.384 e. The van der Waals surface area contributed by atoms with Crippen molar-refractivity contribution in [2.75, 3.05) is 0 Å². The van der Waals surface area contributed by atoms with E-state index in [0.717, 1.165) is 19.3 Å². The van der Waals surface area contributed by atoms with Crippen molar-refractivity contribution in [2.24, 2.45) is 5.41 Å². The Morgan fingerprint density at radius 1 is 1.11 bits per heavy atom. The summed E-state index contributed by atoms with van der Waals surface area (Å²) in [6.07, 6.45) is 2.98. The van der Waals surface area contributed by atoms with Crippen molar-refractivity contribution in [1.29, 1.82) is 0 Å². The summed E-state index contributed by atoms with van der Waals surface area (Å²) in [7, 11) is 0. The monoisotopic (exact) mass is 254 g/mol. The van der Waals surface area contributed by atoms with Crippen LogP contribution in [0.25, 0.3) is 0 Å². The van der Waals surface area contributed by atoms with Crippen molar-refractivity contribution < 1.29 is 13.9 Å². The number of rotatable bonds is 1. The molecular formula is C15H20F2O. The van der Waals surface area contributed by atoms with Gasteiger partial charge in [-0.05, 0) is 36.8 Å². The van der Waals surface area contributed by atoms with Gasteiger partial charge in [-0.25, -0.2) is 8.78 Å². The molecule has 0 saturated heterocycles. The topological polar surface area (TPSA) is 20.2 Å². The predicted molar refractivity (Wildman–Crippen MR) is 67.2 cm³/mol. The summed E-state index contributed by atoms with van der Waals surface area (Å²) in [5.41, 5.74) is -1.69. The number of aryl methyl sites for hydroxylation is 1. The van der Waals surface area contributed by atoms with Crippen LogP contribution >= 0.6 is 0 Å². The number of benzene rings is 1. The molecule has 100 valence electrons. The van der Waals surface area contributed by atoms with E-state index in [0.29, 0.717) is 12.0 Å². The van der Waals surface area contributed by atoms with E-state index in [2.05, 4.69) is 0 Å². The van der Waals surface area contributed by atoms with Gasteiger partial charge in [0, 0.05) is 0 Å². The Hall–Kier alpha value is -0.960. The molecule has 0 bridgehead atoms. The largest absolute Gasteiger partial charge is 0.384 e. The standard InChI is InChI=1S/C15H20F2O/c1-10-6-7-11(16)12(13(10)17)15(18)9-5-4-8-14(15,2)3/h6-7,18H,4-5,8-9H2,1-3H3. The molecule has 1 aromatic carbocycles. The van der Waals surface area contributed by atoms with Gasteiger partial charge in [0.05, 0.1) is 5.56 Å². The molecule has 1 aromatic rings. The fourth-order valence-corrected chi connectivity index (χ4v) is 2.99. The lowest BCUT2D eigenvalue weighted by Gasteiger charge is -2.47. The van der Waals surface area contributed by atoms with E-state index in [4.69, 9.17) is 0 Å². The van der Waals surface area contributed by atoms with Crippen molar-refractivity contribution in [2.45, 2.75) is 52.1 Å². The van der Waals surface area contributed by atoms with Crippen LogP contribution in [-0.4, -0.2) is 5.11 Å². The molecule has 0 amide bonds. The Morgan fingerprint density at radius 3 is 2.33 bits per heavy atom. The van der Waals surface area contributed by atoms with Crippen molar-refractivity contribution in [3.63, 3.8) is 0 Å². The summed E-state index contributed by atoms with van der Waals surface area (Å²) in [5.74, 6) is -1.25. The Morgan fingerprint density at radius 2 is 1.72 bits per heavy atom. The highest BCUT2D eigenvalue weighted by Gasteiger charge is 2.49. The van der Waals surface area contributed by atoms with Gasteiger partial charge in [0.2, 0.25) is 0 Å². The van der Waals surface area contributed by atoms with E-state index in [9.17, 15) is 13.9 Å². The first kappa shape index (κ1) is 13.5. The number of hydrogen-bond donors (Lipinski definition) is 1. The fraction of sp³-hybridized carbons (Fsp3) is 0.600. The van der Waals surface area contributed by atoms with Gasteiger partial charge in [0.1, 0.15) is 17.2 Å². The average Bonchev–Trinajstić information content (AvgIpc) is 2.28. The quantitative estimate of drug-likeness (QED) is 0.801. The van der Waals surface area contributed by atoms with Crippen LogP contribution in [0.15, 0.2) is 12.1 Å². The molecule has 1 fully saturated rings. The van der Waals surface area contributed by atoms with Crippen LogP contribution < -0.4 is 0 Å². The average molecular weight is 254 g/mol. The van der Waals surface area contributed by atoms with Crippen molar-refractivity contribution in [1.82, 2.24) is 0 Å². The molecule has 1 unspecified atom stereocenters. The van der Waals surface area contributed by atoms with Gasteiger partial charge < -0.3 is 5.11 Å². The SMILES string of the molecule is Cc1ccc(F)c(C2(O)CCCCC2(C)C)c1F. The van der Waals surface area contributed by atoms with Crippen molar-refractivity contribution in [3.8, 4) is 0 Å². The zero-order valence-corrected chi connectivity index (χ0v) is 11.2. The minimum absolute atomic E-state index is 0.146. The van der Waals surface area contributed by atoms with Gasteiger partial charge >= 0.3 is 0 Å². The number of hydrogen-bond acceptors (Lipinski definition) is 1. The van der Waals surface area contributed by atoms with Gasteiger partial charge in [0.25, 0.3) is 0 Å². The predicted octanol–water partition coefficient (Wildman–Crippen LogP) is 4.06. The highest BCUT2D eigenvalue weighted by atomic mass is 19.1. The molecule has 18 heavy (non-hydrogen) atoms. The van der Waals surface area contributed by atoms with Crippen molar-refractivity contribution in [3.05, 3.63) is 34.9 Å². The molecule has 0 aliphatic heterocycles. The number of aliphatic hydroxyl groups is 1. The number of halogens is 2. The van der Waals surface area contributed by atoms with E-state index in [-0.39, 0.29) is 5.56 Å². The second-order valence-electron chi connectivity index (χ2n) is 6.00. The Bertz CT molecular complexity index is 468. The molecule has 0 heterocycles. The first-order valence-electron chi connectivity index (χ1n) is 6.47. The summed E-state index contributed by atoms with van der Waals surface area (Å²) in [6.45, 7) is 5.36. The third-order valence-electron chi connectivity index (χ3n) is 4.41. The molecule has 1 saturated carbocycles. The van der Waals surface area contributed by atoms with E-state index in [1.54, 1.807) is 6.92 Å². The van der Waals surface area contributed by atoms with Gasteiger partial charge in [-0.2, -0.15) is 0 Å². The minimum atomic E-state index is -1.41. The van der Waals surface area contributed by atoms with Gasteiger partial charge in [0.15, 0.2) is 0 Å². The Kier molecular flexibility index (Phi) is 3.22. The molecule has 0 spiro atoms. The molecule has 1 nitrogen and oxygen atoms in total. The normalized spacial score (nSPS) is 27.2. The summed E-state index contributed by atoms with van der Waals surface area (Å²) in [5, 5.41) is 10.9. The molecule has 0 radical (unpaired) electrons. The van der Waals surface area contributed by atoms with Crippen LogP contribution in [0, 0.1) is 24.0 Å². The summed E-state index contributed by atoms with van der Waals surface area (Å²) in [6, 6.07) is 2.66. The third-order valence-corrected chi connectivity index (χ3v) is 4.41. The molecule has 1 aliphatic carbocycles. The van der Waals surface area contributed by atoms with Crippen LogP contribution in [-0.2, 0) is 5.60 Å². The summed E-state index contributed by atoms with van der Waals surface area (Å²) < 4.78 is 28.2.